The number of carbonyl (C=O) groups excluding carboxylic acids is 3. The van der Waals surface area contributed by atoms with Gasteiger partial charge in [0.25, 0.3) is 5.91 Å². The Bertz CT molecular complexity index is 648. The Morgan fingerprint density at radius 3 is 2.50 bits per heavy atom. The van der Waals surface area contributed by atoms with Gasteiger partial charge < -0.3 is 5.32 Å². The quantitative estimate of drug-likeness (QED) is 0.831. The summed E-state index contributed by atoms with van der Waals surface area (Å²) in [6.07, 6.45) is 5.00. The number of urea groups is 1. The van der Waals surface area contributed by atoms with Gasteiger partial charge in [0.2, 0.25) is 5.91 Å². The lowest BCUT2D eigenvalue weighted by Crippen LogP contribution is -2.51. The molecule has 1 saturated carbocycles. The summed E-state index contributed by atoms with van der Waals surface area (Å²) in [5.41, 5.74) is 3.88. The molecule has 2 aliphatic rings. The van der Waals surface area contributed by atoms with Crippen LogP contribution in [0.2, 0.25) is 0 Å². The number of nitrogens with one attached hydrogen (secondary N) is 2. The zero-order valence-electron chi connectivity index (χ0n) is 13.9. The molecule has 1 spiro atoms. The molecular weight excluding hydrogens is 306 g/mol. The van der Waals surface area contributed by atoms with Crippen LogP contribution >= 0.6 is 0 Å². The van der Waals surface area contributed by atoms with Crippen molar-refractivity contribution in [1.29, 1.82) is 0 Å². The van der Waals surface area contributed by atoms with Gasteiger partial charge in [0.1, 0.15) is 5.54 Å². The average Bonchev–Trinajstić information content (AvgIpc) is 2.79. The van der Waals surface area contributed by atoms with Crippen LogP contribution < -0.4 is 10.7 Å². The van der Waals surface area contributed by atoms with Gasteiger partial charge in [0.05, 0.1) is 0 Å². The number of aryl methyl sites for hydroxylation is 2. The number of amides is 4. The molecule has 6 heteroatoms. The summed E-state index contributed by atoms with van der Waals surface area (Å²) >= 11 is 0. The number of benzene rings is 1. The first-order valence-electron chi connectivity index (χ1n) is 8.52. The number of nitrogens with zero attached hydrogens (tertiary/aromatic N) is 1. The first-order valence-corrected chi connectivity index (χ1v) is 8.52. The number of hydrogen-bond acceptors (Lipinski definition) is 3. The maximum absolute atomic E-state index is 12.6. The van der Waals surface area contributed by atoms with Gasteiger partial charge in [-0.1, -0.05) is 49.1 Å². The molecule has 0 aromatic heterocycles. The topological polar surface area (TPSA) is 78.5 Å². The van der Waals surface area contributed by atoms with Crippen molar-refractivity contribution in [2.24, 2.45) is 0 Å². The van der Waals surface area contributed by atoms with E-state index in [4.69, 9.17) is 0 Å². The Kier molecular flexibility index (Phi) is 4.55. The molecule has 1 saturated heterocycles. The lowest BCUT2D eigenvalue weighted by atomic mass is 9.82. The highest BCUT2D eigenvalue weighted by Gasteiger charge is 2.52. The molecule has 0 bridgehead atoms. The molecule has 0 unspecified atom stereocenters. The van der Waals surface area contributed by atoms with Gasteiger partial charge in [-0.25, -0.2) is 4.79 Å². The zero-order chi connectivity index (χ0) is 17.2. The van der Waals surface area contributed by atoms with Gasteiger partial charge in [0.15, 0.2) is 0 Å². The monoisotopic (exact) mass is 329 g/mol. The highest BCUT2D eigenvalue weighted by atomic mass is 16.2. The molecule has 3 rings (SSSR count). The lowest BCUT2D eigenvalue weighted by molar-refractivity contribution is -0.139. The molecule has 0 atom stereocenters. The second-order valence-electron chi connectivity index (χ2n) is 6.73. The van der Waals surface area contributed by atoms with Crippen LogP contribution in [-0.2, 0) is 16.0 Å². The van der Waals surface area contributed by atoms with E-state index in [9.17, 15) is 14.4 Å². The Labute approximate surface area is 141 Å². The third kappa shape index (κ3) is 3.27. The minimum absolute atomic E-state index is 0.229. The van der Waals surface area contributed by atoms with Gasteiger partial charge in [-0.3, -0.25) is 15.0 Å². The van der Waals surface area contributed by atoms with E-state index in [1.54, 1.807) is 0 Å². The molecular formula is C18H23N3O3. The molecule has 128 valence electrons. The molecule has 24 heavy (non-hydrogen) atoms. The molecule has 1 aromatic carbocycles. The number of hydrazine groups is 1. The normalized spacial score (nSPS) is 19.5. The second kappa shape index (κ2) is 6.63. The fourth-order valence-electron chi connectivity index (χ4n) is 3.41. The van der Waals surface area contributed by atoms with Crippen LogP contribution in [0.15, 0.2) is 24.3 Å². The highest BCUT2D eigenvalue weighted by Crippen LogP contribution is 2.32. The van der Waals surface area contributed by atoms with E-state index < -0.39 is 11.6 Å². The summed E-state index contributed by atoms with van der Waals surface area (Å²) in [5, 5.41) is 3.64. The van der Waals surface area contributed by atoms with Gasteiger partial charge >= 0.3 is 6.03 Å². The van der Waals surface area contributed by atoms with E-state index in [-0.39, 0.29) is 18.2 Å². The summed E-state index contributed by atoms with van der Waals surface area (Å²) in [7, 11) is 0. The van der Waals surface area contributed by atoms with Crippen LogP contribution in [-0.4, -0.2) is 28.4 Å². The van der Waals surface area contributed by atoms with Crippen molar-refractivity contribution in [3.63, 3.8) is 0 Å². The number of hydrogen-bond donors (Lipinski definition) is 2. The predicted molar refractivity (Wildman–Crippen MR) is 88.8 cm³/mol. The number of imide groups is 1. The smallest absolute Gasteiger partial charge is 0.322 e. The summed E-state index contributed by atoms with van der Waals surface area (Å²) in [4.78, 5) is 36.8. The third-order valence-electron chi connectivity index (χ3n) is 4.87. The van der Waals surface area contributed by atoms with Crippen molar-refractivity contribution in [1.82, 2.24) is 15.8 Å². The maximum Gasteiger partial charge on any atom is 0.344 e. The molecule has 1 heterocycles. The zero-order valence-corrected chi connectivity index (χ0v) is 13.9. The van der Waals surface area contributed by atoms with Crippen LogP contribution in [0.5, 0.6) is 0 Å². The predicted octanol–water partition coefficient (Wildman–Crippen LogP) is 2.21. The van der Waals surface area contributed by atoms with Crippen molar-refractivity contribution < 1.29 is 14.4 Å². The highest BCUT2D eigenvalue weighted by molar-refractivity contribution is 6.08. The standard InChI is InChI=1S/C18H23N3O3/c1-13-5-7-14(8-6-13)9-10-15(22)20-21-16(23)18(19-17(21)24)11-3-2-4-12-18/h5-8H,2-4,9-12H2,1H3,(H,19,24)(H,20,22). The van der Waals surface area contributed by atoms with E-state index in [0.717, 1.165) is 29.8 Å². The van der Waals surface area contributed by atoms with Crippen molar-refractivity contribution in [2.75, 3.05) is 0 Å². The van der Waals surface area contributed by atoms with E-state index >= 15 is 0 Å². The average molecular weight is 329 g/mol. The SMILES string of the molecule is Cc1ccc(CCC(=O)NN2C(=O)NC3(CCCCC3)C2=O)cc1. The second-order valence-corrected chi connectivity index (χ2v) is 6.73. The van der Waals surface area contributed by atoms with Crippen molar-refractivity contribution >= 4 is 17.8 Å². The van der Waals surface area contributed by atoms with E-state index in [1.165, 1.54) is 5.56 Å². The van der Waals surface area contributed by atoms with Gasteiger partial charge in [0, 0.05) is 6.42 Å². The van der Waals surface area contributed by atoms with Crippen LogP contribution in [0.4, 0.5) is 4.79 Å². The fraction of sp³-hybridized carbons (Fsp3) is 0.500. The van der Waals surface area contributed by atoms with Crippen molar-refractivity contribution in [3.8, 4) is 0 Å². The minimum atomic E-state index is -0.806. The summed E-state index contributed by atoms with van der Waals surface area (Å²) in [6.45, 7) is 2.01. The first kappa shape index (κ1) is 16.5. The molecule has 6 nitrogen and oxygen atoms in total. The molecule has 1 aromatic rings. The maximum atomic E-state index is 12.6. The molecule has 2 N–H and O–H groups in total. The van der Waals surface area contributed by atoms with Crippen LogP contribution in [0.1, 0.15) is 49.7 Å². The summed E-state index contributed by atoms with van der Waals surface area (Å²) < 4.78 is 0. The van der Waals surface area contributed by atoms with Gasteiger partial charge in [-0.05, 0) is 31.7 Å². The van der Waals surface area contributed by atoms with Gasteiger partial charge in [-0.15, -0.1) is 0 Å². The molecule has 2 fully saturated rings. The van der Waals surface area contributed by atoms with Crippen LogP contribution in [0.3, 0.4) is 0 Å². The molecule has 1 aliphatic heterocycles. The Hall–Kier alpha value is -2.37. The van der Waals surface area contributed by atoms with E-state index in [2.05, 4.69) is 10.7 Å². The molecule has 1 aliphatic carbocycles. The number of rotatable bonds is 4. The van der Waals surface area contributed by atoms with E-state index in [0.29, 0.717) is 19.3 Å². The van der Waals surface area contributed by atoms with E-state index in [1.807, 2.05) is 31.2 Å². The van der Waals surface area contributed by atoms with Crippen LogP contribution in [0.25, 0.3) is 0 Å². The lowest BCUT2D eigenvalue weighted by Gasteiger charge is -2.30. The Morgan fingerprint density at radius 1 is 1.17 bits per heavy atom. The van der Waals surface area contributed by atoms with Crippen LogP contribution in [0, 0.1) is 6.92 Å². The molecule has 0 radical (unpaired) electrons. The summed E-state index contributed by atoms with van der Waals surface area (Å²) in [6, 6.07) is 7.43. The molecule has 4 amide bonds. The largest absolute Gasteiger partial charge is 0.344 e. The van der Waals surface area contributed by atoms with Crippen molar-refractivity contribution in [2.45, 2.75) is 57.4 Å². The minimum Gasteiger partial charge on any atom is -0.322 e. The number of carbonyl (C=O) groups is 3. The Morgan fingerprint density at radius 2 is 1.83 bits per heavy atom. The summed E-state index contributed by atoms with van der Waals surface area (Å²) in [5.74, 6) is -0.650. The van der Waals surface area contributed by atoms with Gasteiger partial charge in [-0.2, -0.15) is 5.01 Å². The first-order chi connectivity index (χ1) is 11.5. The van der Waals surface area contributed by atoms with Crippen molar-refractivity contribution in [3.05, 3.63) is 35.4 Å². The third-order valence-corrected chi connectivity index (χ3v) is 4.87. The fourth-order valence-corrected chi connectivity index (χ4v) is 3.41. The Balaban J connectivity index is 1.56.